The lowest BCUT2D eigenvalue weighted by molar-refractivity contribution is 0.602. The molecule has 0 saturated carbocycles. The van der Waals surface area contributed by atoms with Crippen molar-refractivity contribution in [1.29, 1.82) is 0 Å². The average molecular weight is 223 g/mol. The van der Waals surface area contributed by atoms with Gasteiger partial charge in [0.05, 0.1) is 4.90 Å². The largest absolute Gasteiger partial charge is 0.384 e. The van der Waals surface area contributed by atoms with Crippen molar-refractivity contribution in [3.8, 4) is 12.3 Å². The van der Waals surface area contributed by atoms with E-state index in [9.17, 15) is 8.42 Å². The first kappa shape index (κ1) is 11.6. The van der Waals surface area contributed by atoms with E-state index >= 15 is 0 Å². The molecule has 0 amide bonds. The summed E-state index contributed by atoms with van der Waals surface area (Å²) in [6, 6.07) is 6.61. The molecule has 0 radical (unpaired) electrons. The zero-order valence-corrected chi connectivity index (χ0v) is 9.34. The maximum Gasteiger partial charge on any atom is 0.175 e. The number of anilines is 1. The number of rotatable bonds is 4. The Hall–Kier alpha value is -1.47. The monoisotopic (exact) mass is 223 g/mol. The third-order valence-electron chi connectivity index (χ3n) is 1.88. The molecule has 0 aliphatic rings. The molecule has 0 aromatic heterocycles. The molecule has 0 bridgehead atoms. The van der Waals surface area contributed by atoms with Gasteiger partial charge in [-0.3, -0.25) is 0 Å². The maximum absolute atomic E-state index is 11.2. The van der Waals surface area contributed by atoms with Gasteiger partial charge in [0.15, 0.2) is 9.84 Å². The fraction of sp³-hybridized carbons (Fsp3) is 0.273. The number of terminal acetylenes is 1. The van der Waals surface area contributed by atoms with Crippen LogP contribution in [0.3, 0.4) is 0 Å². The topological polar surface area (TPSA) is 46.2 Å². The summed E-state index contributed by atoms with van der Waals surface area (Å²) < 4.78 is 22.3. The minimum atomic E-state index is -3.10. The number of nitrogens with one attached hydrogen (secondary N) is 1. The Morgan fingerprint density at radius 1 is 1.33 bits per heavy atom. The summed E-state index contributed by atoms with van der Waals surface area (Å²) in [5, 5.41) is 3.09. The third kappa shape index (κ3) is 3.64. The van der Waals surface area contributed by atoms with Gasteiger partial charge in [-0.05, 0) is 24.3 Å². The summed E-state index contributed by atoms with van der Waals surface area (Å²) in [4.78, 5) is 0.324. The summed E-state index contributed by atoms with van der Waals surface area (Å²) in [6.45, 7) is 0.689. The molecule has 0 atom stereocenters. The van der Waals surface area contributed by atoms with E-state index in [1.54, 1.807) is 24.3 Å². The number of sulfone groups is 1. The molecule has 0 aliphatic carbocycles. The fourth-order valence-electron chi connectivity index (χ4n) is 1.10. The maximum atomic E-state index is 11.2. The Kier molecular flexibility index (Phi) is 3.75. The molecular weight excluding hydrogens is 210 g/mol. The van der Waals surface area contributed by atoms with Crippen LogP contribution in [0.2, 0.25) is 0 Å². The Morgan fingerprint density at radius 3 is 2.40 bits per heavy atom. The van der Waals surface area contributed by atoms with Crippen LogP contribution in [0.15, 0.2) is 29.2 Å². The molecule has 15 heavy (non-hydrogen) atoms. The lowest BCUT2D eigenvalue weighted by Crippen LogP contribution is -2.01. The summed E-state index contributed by atoms with van der Waals surface area (Å²) in [7, 11) is -3.10. The van der Waals surface area contributed by atoms with Crippen molar-refractivity contribution in [3.05, 3.63) is 24.3 Å². The summed E-state index contributed by atoms with van der Waals surface area (Å²) in [5.41, 5.74) is 0.873. The first-order valence-electron chi connectivity index (χ1n) is 4.51. The zero-order valence-electron chi connectivity index (χ0n) is 8.53. The van der Waals surface area contributed by atoms with E-state index in [0.717, 1.165) is 5.69 Å². The van der Waals surface area contributed by atoms with Crippen LogP contribution in [0.4, 0.5) is 5.69 Å². The molecule has 0 aliphatic heterocycles. The van der Waals surface area contributed by atoms with Crippen LogP contribution in [-0.4, -0.2) is 21.2 Å². The normalized spacial score (nSPS) is 10.7. The Morgan fingerprint density at radius 2 is 1.93 bits per heavy atom. The molecule has 0 heterocycles. The van der Waals surface area contributed by atoms with Crippen molar-refractivity contribution in [1.82, 2.24) is 0 Å². The second-order valence-electron chi connectivity index (χ2n) is 3.18. The van der Waals surface area contributed by atoms with Gasteiger partial charge in [-0.2, -0.15) is 0 Å². The fourth-order valence-corrected chi connectivity index (χ4v) is 1.73. The molecule has 1 aromatic carbocycles. The van der Waals surface area contributed by atoms with E-state index in [2.05, 4.69) is 11.2 Å². The van der Waals surface area contributed by atoms with Gasteiger partial charge in [0.1, 0.15) is 0 Å². The minimum absolute atomic E-state index is 0.324. The molecule has 3 nitrogen and oxygen atoms in total. The van der Waals surface area contributed by atoms with Gasteiger partial charge in [0.2, 0.25) is 0 Å². The first-order valence-corrected chi connectivity index (χ1v) is 6.40. The molecule has 1 N–H and O–H groups in total. The van der Waals surface area contributed by atoms with Gasteiger partial charge in [-0.25, -0.2) is 8.42 Å². The molecule has 0 fully saturated rings. The van der Waals surface area contributed by atoms with E-state index < -0.39 is 9.84 Å². The Balaban J connectivity index is 2.70. The van der Waals surface area contributed by atoms with Crippen molar-refractivity contribution in [2.75, 3.05) is 18.1 Å². The van der Waals surface area contributed by atoms with Gasteiger partial charge in [0.25, 0.3) is 0 Å². The highest BCUT2D eigenvalue weighted by Gasteiger charge is 2.05. The van der Waals surface area contributed by atoms with E-state index in [4.69, 9.17) is 6.42 Å². The Bertz CT molecular complexity index is 454. The van der Waals surface area contributed by atoms with E-state index in [-0.39, 0.29) is 0 Å². The van der Waals surface area contributed by atoms with Crippen molar-refractivity contribution < 1.29 is 8.42 Å². The van der Waals surface area contributed by atoms with Gasteiger partial charge < -0.3 is 5.32 Å². The average Bonchev–Trinajstić information content (AvgIpc) is 2.18. The van der Waals surface area contributed by atoms with Gasteiger partial charge >= 0.3 is 0 Å². The third-order valence-corrected chi connectivity index (χ3v) is 3.01. The highest BCUT2D eigenvalue weighted by Crippen LogP contribution is 2.13. The van der Waals surface area contributed by atoms with E-state index in [1.165, 1.54) is 6.26 Å². The molecule has 4 heteroatoms. The molecule has 80 valence electrons. The van der Waals surface area contributed by atoms with Crippen LogP contribution in [0.1, 0.15) is 6.42 Å². The molecule has 0 saturated heterocycles. The van der Waals surface area contributed by atoms with Crippen LogP contribution >= 0.6 is 0 Å². The van der Waals surface area contributed by atoms with Crippen molar-refractivity contribution in [2.45, 2.75) is 11.3 Å². The Labute approximate surface area is 90.4 Å². The molecule has 0 unspecified atom stereocenters. The van der Waals surface area contributed by atoms with Crippen LogP contribution < -0.4 is 5.32 Å². The summed E-state index contributed by atoms with van der Waals surface area (Å²) >= 11 is 0. The van der Waals surface area contributed by atoms with Gasteiger partial charge in [-0.15, -0.1) is 12.3 Å². The zero-order chi connectivity index (χ0) is 11.3. The van der Waals surface area contributed by atoms with Crippen molar-refractivity contribution >= 4 is 15.5 Å². The van der Waals surface area contributed by atoms with E-state index in [1.807, 2.05) is 0 Å². The lowest BCUT2D eigenvalue weighted by Gasteiger charge is -2.04. The van der Waals surface area contributed by atoms with Crippen LogP contribution in [-0.2, 0) is 9.84 Å². The number of benzene rings is 1. The van der Waals surface area contributed by atoms with Crippen molar-refractivity contribution in [3.63, 3.8) is 0 Å². The molecule has 1 aromatic rings. The molecule has 1 rings (SSSR count). The highest BCUT2D eigenvalue weighted by molar-refractivity contribution is 7.90. The number of hydrogen-bond donors (Lipinski definition) is 1. The standard InChI is InChI=1S/C11H13NO2S/c1-3-4-9-12-10-5-7-11(8-6-10)15(2,13)14/h1,5-8,12H,4,9H2,2H3. The van der Waals surface area contributed by atoms with Crippen LogP contribution in [0.25, 0.3) is 0 Å². The first-order chi connectivity index (χ1) is 7.04. The van der Waals surface area contributed by atoms with E-state index in [0.29, 0.717) is 17.9 Å². The minimum Gasteiger partial charge on any atom is -0.384 e. The second-order valence-corrected chi connectivity index (χ2v) is 5.19. The molecule has 0 spiro atoms. The van der Waals surface area contributed by atoms with Crippen LogP contribution in [0, 0.1) is 12.3 Å². The summed E-state index contributed by atoms with van der Waals surface area (Å²) in [6.07, 6.45) is 6.94. The lowest BCUT2D eigenvalue weighted by atomic mass is 10.3. The smallest absolute Gasteiger partial charge is 0.175 e. The molecular formula is C11H13NO2S. The second kappa shape index (κ2) is 4.85. The summed E-state index contributed by atoms with van der Waals surface area (Å²) in [5.74, 6) is 2.52. The number of hydrogen-bond acceptors (Lipinski definition) is 3. The quantitative estimate of drug-likeness (QED) is 0.622. The van der Waals surface area contributed by atoms with Gasteiger partial charge in [0, 0.05) is 24.9 Å². The van der Waals surface area contributed by atoms with Crippen LogP contribution in [0.5, 0.6) is 0 Å². The predicted molar refractivity (Wildman–Crippen MR) is 61.5 cm³/mol. The highest BCUT2D eigenvalue weighted by atomic mass is 32.2. The SMILES string of the molecule is C#CCCNc1ccc(S(C)(=O)=O)cc1. The van der Waals surface area contributed by atoms with Gasteiger partial charge in [-0.1, -0.05) is 0 Å². The predicted octanol–water partition coefficient (Wildman–Crippen LogP) is 1.53. The van der Waals surface area contributed by atoms with Crippen molar-refractivity contribution in [2.24, 2.45) is 0 Å².